The maximum Gasteiger partial charge on any atom is 0.160 e. The van der Waals surface area contributed by atoms with Crippen LogP contribution in [0.3, 0.4) is 0 Å². The Labute approximate surface area is 108 Å². The number of benzene rings is 1. The first-order valence-corrected chi connectivity index (χ1v) is 6.01. The molecule has 2 rings (SSSR count). The van der Waals surface area contributed by atoms with E-state index >= 15 is 0 Å². The van der Waals surface area contributed by atoms with Crippen LogP contribution in [0, 0.1) is 13.8 Å². The second-order valence-electron chi connectivity index (χ2n) is 3.56. The highest BCUT2D eigenvalue weighted by Crippen LogP contribution is 2.22. The number of rotatable bonds is 1. The molecule has 1 aromatic heterocycles. The topological polar surface area (TPSA) is 25.8 Å². The van der Waals surface area contributed by atoms with Gasteiger partial charge in [-0.2, -0.15) is 0 Å². The molecule has 1 aromatic carbocycles. The lowest BCUT2D eigenvalue weighted by atomic mass is 10.2. The first-order valence-electron chi connectivity index (χ1n) is 4.84. The lowest BCUT2D eigenvalue weighted by Crippen LogP contribution is -1.96. The summed E-state index contributed by atoms with van der Waals surface area (Å²) in [6.07, 6.45) is 0. The van der Waals surface area contributed by atoms with Crippen molar-refractivity contribution in [3.63, 3.8) is 0 Å². The summed E-state index contributed by atoms with van der Waals surface area (Å²) in [6, 6.07) is 7.50. The third-order valence-electron chi connectivity index (χ3n) is 2.43. The quantitative estimate of drug-likeness (QED) is 0.738. The average Bonchev–Trinajstić information content (AvgIpc) is 2.26. The van der Waals surface area contributed by atoms with Crippen molar-refractivity contribution in [2.45, 2.75) is 13.8 Å². The van der Waals surface area contributed by atoms with Gasteiger partial charge in [0.1, 0.15) is 4.60 Å². The highest BCUT2D eigenvalue weighted by molar-refractivity contribution is 9.10. The Morgan fingerprint density at radius 2 is 1.69 bits per heavy atom. The van der Waals surface area contributed by atoms with Crippen molar-refractivity contribution in [3.05, 3.63) is 45.1 Å². The van der Waals surface area contributed by atoms with Crippen LogP contribution in [-0.4, -0.2) is 9.97 Å². The molecule has 0 saturated heterocycles. The van der Waals surface area contributed by atoms with Crippen LogP contribution in [-0.2, 0) is 0 Å². The van der Waals surface area contributed by atoms with Gasteiger partial charge < -0.3 is 0 Å². The van der Waals surface area contributed by atoms with Crippen molar-refractivity contribution >= 4 is 27.5 Å². The third-order valence-corrected chi connectivity index (χ3v) is 3.46. The van der Waals surface area contributed by atoms with E-state index in [2.05, 4.69) is 25.9 Å². The highest BCUT2D eigenvalue weighted by Gasteiger charge is 2.07. The van der Waals surface area contributed by atoms with E-state index in [1.165, 1.54) is 0 Å². The molecular weight excluding hydrogens is 288 g/mol. The molecule has 4 heteroatoms. The predicted molar refractivity (Wildman–Crippen MR) is 69.7 cm³/mol. The van der Waals surface area contributed by atoms with Crippen molar-refractivity contribution in [1.82, 2.24) is 9.97 Å². The van der Waals surface area contributed by atoms with Crippen molar-refractivity contribution in [2.24, 2.45) is 0 Å². The SMILES string of the molecule is Cc1nc(-c2ccc(Cl)cc2)nc(Br)c1C. The number of halogens is 2. The maximum absolute atomic E-state index is 5.84. The molecule has 1 heterocycles. The van der Waals surface area contributed by atoms with E-state index in [4.69, 9.17) is 11.6 Å². The molecule has 2 aromatic rings. The largest absolute Gasteiger partial charge is 0.233 e. The Morgan fingerprint density at radius 1 is 1.06 bits per heavy atom. The van der Waals surface area contributed by atoms with E-state index in [9.17, 15) is 0 Å². The summed E-state index contributed by atoms with van der Waals surface area (Å²) < 4.78 is 0.838. The van der Waals surface area contributed by atoms with E-state index < -0.39 is 0 Å². The summed E-state index contributed by atoms with van der Waals surface area (Å²) in [6.45, 7) is 3.96. The fourth-order valence-corrected chi connectivity index (χ4v) is 1.90. The number of hydrogen-bond donors (Lipinski definition) is 0. The molecule has 2 nitrogen and oxygen atoms in total. The van der Waals surface area contributed by atoms with Crippen LogP contribution >= 0.6 is 27.5 Å². The summed E-state index contributed by atoms with van der Waals surface area (Å²) in [5, 5.41) is 0.714. The van der Waals surface area contributed by atoms with Gasteiger partial charge in [0.15, 0.2) is 5.82 Å². The second kappa shape index (κ2) is 4.52. The van der Waals surface area contributed by atoms with Crippen molar-refractivity contribution in [2.75, 3.05) is 0 Å². The lowest BCUT2D eigenvalue weighted by Gasteiger charge is -2.06. The van der Waals surface area contributed by atoms with Gasteiger partial charge in [-0.15, -0.1) is 0 Å². The Morgan fingerprint density at radius 3 is 2.25 bits per heavy atom. The Balaban J connectivity index is 2.52. The molecule has 16 heavy (non-hydrogen) atoms. The van der Waals surface area contributed by atoms with Gasteiger partial charge in [0, 0.05) is 21.8 Å². The summed E-state index contributed by atoms with van der Waals surface area (Å²) >= 11 is 9.27. The molecule has 0 aliphatic rings. The van der Waals surface area contributed by atoms with Crippen LogP contribution < -0.4 is 0 Å². The van der Waals surface area contributed by atoms with E-state index in [1.54, 1.807) is 0 Å². The van der Waals surface area contributed by atoms with Gasteiger partial charge in [-0.05, 0) is 54.0 Å². The summed E-state index contributed by atoms with van der Waals surface area (Å²) in [4.78, 5) is 8.85. The van der Waals surface area contributed by atoms with Gasteiger partial charge in [-0.25, -0.2) is 9.97 Å². The number of aromatic nitrogens is 2. The lowest BCUT2D eigenvalue weighted by molar-refractivity contribution is 1.05. The van der Waals surface area contributed by atoms with Crippen LogP contribution in [0.25, 0.3) is 11.4 Å². The normalized spacial score (nSPS) is 10.5. The van der Waals surface area contributed by atoms with E-state index in [0.717, 1.165) is 21.4 Å². The van der Waals surface area contributed by atoms with E-state index in [1.807, 2.05) is 38.1 Å². The molecule has 0 amide bonds. The summed E-state index contributed by atoms with van der Waals surface area (Å²) in [5.41, 5.74) is 3.01. The zero-order valence-electron chi connectivity index (χ0n) is 8.96. The molecule has 0 radical (unpaired) electrons. The van der Waals surface area contributed by atoms with Crippen LogP contribution in [0.5, 0.6) is 0 Å². The van der Waals surface area contributed by atoms with Crippen LogP contribution in [0.2, 0.25) is 5.02 Å². The molecule has 0 atom stereocenters. The zero-order valence-corrected chi connectivity index (χ0v) is 11.3. The van der Waals surface area contributed by atoms with E-state index in [0.29, 0.717) is 10.8 Å². The van der Waals surface area contributed by atoms with Gasteiger partial charge in [-0.3, -0.25) is 0 Å². The standard InChI is InChI=1S/C12H10BrClN2/c1-7-8(2)15-12(16-11(7)13)9-3-5-10(14)6-4-9/h3-6H,1-2H3. The predicted octanol–water partition coefficient (Wildman–Crippen LogP) is 4.18. The molecule has 0 saturated carbocycles. The first kappa shape index (κ1) is 11.6. The van der Waals surface area contributed by atoms with Crippen LogP contribution in [0.1, 0.15) is 11.3 Å². The Kier molecular flexibility index (Phi) is 3.26. The molecule has 0 spiro atoms. The number of nitrogens with zero attached hydrogens (tertiary/aromatic N) is 2. The molecule has 0 aliphatic heterocycles. The fourth-order valence-electron chi connectivity index (χ4n) is 1.32. The minimum Gasteiger partial charge on any atom is -0.233 e. The summed E-state index contributed by atoms with van der Waals surface area (Å²) in [5.74, 6) is 0.714. The summed E-state index contributed by atoms with van der Waals surface area (Å²) in [7, 11) is 0. The molecule has 0 unspecified atom stereocenters. The second-order valence-corrected chi connectivity index (χ2v) is 4.74. The zero-order chi connectivity index (χ0) is 11.7. The van der Waals surface area contributed by atoms with Crippen molar-refractivity contribution in [1.29, 1.82) is 0 Å². The Hall–Kier alpha value is -0.930. The Bertz CT molecular complexity index is 500. The first-order chi connectivity index (χ1) is 7.58. The van der Waals surface area contributed by atoms with Crippen molar-refractivity contribution in [3.8, 4) is 11.4 Å². The maximum atomic E-state index is 5.84. The third kappa shape index (κ3) is 2.25. The van der Waals surface area contributed by atoms with Gasteiger partial charge in [0.05, 0.1) is 0 Å². The van der Waals surface area contributed by atoms with Gasteiger partial charge >= 0.3 is 0 Å². The number of hydrogen-bond acceptors (Lipinski definition) is 2. The van der Waals surface area contributed by atoms with Gasteiger partial charge in [0.25, 0.3) is 0 Å². The minimum atomic E-state index is 0.714. The monoisotopic (exact) mass is 296 g/mol. The fraction of sp³-hybridized carbons (Fsp3) is 0.167. The molecular formula is C12H10BrClN2. The molecule has 0 aliphatic carbocycles. The molecule has 0 fully saturated rings. The average molecular weight is 298 g/mol. The molecule has 82 valence electrons. The highest BCUT2D eigenvalue weighted by atomic mass is 79.9. The number of aryl methyl sites for hydroxylation is 1. The van der Waals surface area contributed by atoms with Crippen molar-refractivity contribution < 1.29 is 0 Å². The smallest absolute Gasteiger partial charge is 0.160 e. The van der Waals surface area contributed by atoms with E-state index in [-0.39, 0.29) is 0 Å². The van der Waals surface area contributed by atoms with Gasteiger partial charge in [-0.1, -0.05) is 11.6 Å². The van der Waals surface area contributed by atoms with Crippen LogP contribution in [0.4, 0.5) is 0 Å². The van der Waals surface area contributed by atoms with Crippen LogP contribution in [0.15, 0.2) is 28.9 Å². The minimum absolute atomic E-state index is 0.714. The van der Waals surface area contributed by atoms with Gasteiger partial charge in [0.2, 0.25) is 0 Å². The molecule has 0 bridgehead atoms. The molecule has 0 N–H and O–H groups in total.